The van der Waals surface area contributed by atoms with Crippen molar-refractivity contribution in [2.75, 3.05) is 6.54 Å². The van der Waals surface area contributed by atoms with Crippen molar-refractivity contribution in [1.29, 1.82) is 0 Å². The smallest absolute Gasteiger partial charge is 0.0605 e. The van der Waals surface area contributed by atoms with Crippen LogP contribution in [0.5, 0.6) is 0 Å². The molecule has 0 bridgehead atoms. The molecule has 0 amide bonds. The minimum Gasteiger partial charge on any atom is -0.393 e. The Morgan fingerprint density at radius 3 is 2.27 bits per heavy atom. The van der Waals surface area contributed by atoms with E-state index in [0.29, 0.717) is 18.4 Å². The predicted octanol–water partition coefficient (Wildman–Crippen LogP) is 2.57. The Morgan fingerprint density at radius 1 is 1.27 bits per heavy atom. The van der Waals surface area contributed by atoms with Gasteiger partial charge in [-0.3, -0.25) is 0 Å². The van der Waals surface area contributed by atoms with E-state index in [-0.39, 0.29) is 12.0 Å². The van der Waals surface area contributed by atoms with Crippen molar-refractivity contribution in [2.45, 2.75) is 46.1 Å². The first-order valence-electron chi connectivity index (χ1n) is 6.01. The molecule has 0 fully saturated rings. The topological polar surface area (TPSA) is 46.2 Å². The summed E-state index contributed by atoms with van der Waals surface area (Å²) in [5.41, 5.74) is 5.55. The molecule has 0 spiro atoms. The second kappa shape index (κ2) is 7.89. The molecule has 0 saturated heterocycles. The molecule has 2 nitrogen and oxygen atoms in total. The maximum Gasteiger partial charge on any atom is 0.0605 e. The van der Waals surface area contributed by atoms with E-state index < -0.39 is 0 Å². The molecule has 0 aliphatic heterocycles. The minimum absolute atomic E-state index is 0.224. The van der Waals surface area contributed by atoms with E-state index in [2.05, 4.69) is 27.4 Å². The Bertz CT molecular complexity index is 168. The number of nitrogens with two attached hydrogens (primary N) is 1. The first-order valence-corrected chi connectivity index (χ1v) is 6.01. The highest BCUT2D eigenvalue weighted by atomic mass is 16.3. The third kappa shape index (κ3) is 6.69. The van der Waals surface area contributed by atoms with Crippen molar-refractivity contribution in [3.05, 3.63) is 12.7 Å². The second-order valence-electron chi connectivity index (χ2n) is 5.01. The van der Waals surface area contributed by atoms with Crippen molar-refractivity contribution in [2.24, 2.45) is 23.5 Å². The largest absolute Gasteiger partial charge is 0.393 e. The van der Waals surface area contributed by atoms with Gasteiger partial charge in [0.25, 0.3) is 0 Å². The van der Waals surface area contributed by atoms with Crippen LogP contribution in [0.1, 0.15) is 40.0 Å². The third-order valence-electron chi connectivity index (χ3n) is 2.92. The van der Waals surface area contributed by atoms with Gasteiger partial charge in [-0.25, -0.2) is 0 Å². The second-order valence-corrected chi connectivity index (χ2v) is 5.01. The minimum atomic E-state index is -0.278. The van der Waals surface area contributed by atoms with E-state index in [0.717, 1.165) is 19.3 Å². The summed E-state index contributed by atoms with van der Waals surface area (Å²) in [6.07, 6.45) is 4.56. The van der Waals surface area contributed by atoms with Crippen LogP contribution in [-0.2, 0) is 0 Å². The first kappa shape index (κ1) is 14.7. The summed E-state index contributed by atoms with van der Waals surface area (Å²) in [6.45, 7) is 10.9. The van der Waals surface area contributed by atoms with Gasteiger partial charge in [0.15, 0.2) is 0 Å². The maximum absolute atomic E-state index is 10.00. The maximum atomic E-state index is 10.00. The lowest BCUT2D eigenvalue weighted by molar-refractivity contribution is 0.0990. The van der Waals surface area contributed by atoms with Gasteiger partial charge in [-0.2, -0.15) is 0 Å². The van der Waals surface area contributed by atoms with Crippen LogP contribution in [0.4, 0.5) is 0 Å². The molecule has 0 saturated carbocycles. The van der Waals surface area contributed by atoms with Crippen molar-refractivity contribution in [3.8, 4) is 0 Å². The molecule has 2 unspecified atom stereocenters. The van der Waals surface area contributed by atoms with Gasteiger partial charge in [0.2, 0.25) is 0 Å². The highest BCUT2D eigenvalue weighted by molar-refractivity contribution is 4.85. The van der Waals surface area contributed by atoms with Crippen molar-refractivity contribution in [3.63, 3.8) is 0 Å². The number of aliphatic hydroxyl groups is 1. The van der Waals surface area contributed by atoms with E-state index >= 15 is 0 Å². The zero-order chi connectivity index (χ0) is 11.8. The van der Waals surface area contributed by atoms with Crippen LogP contribution in [0.25, 0.3) is 0 Å². The highest BCUT2D eigenvalue weighted by Crippen LogP contribution is 2.21. The van der Waals surface area contributed by atoms with Crippen LogP contribution >= 0.6 is 0 Å². The van der Waals surface area contributed by atoms with Gasteiger partial charge in [0.1, 0.15) is 0 Å². The normalized spacial score (nSPS) is 17.5. The van der Waals surface area contributed by atoms with Gasteiger partial charge < -0.3 is 10.8 Å². The molecule has 0 aliphatic rings. The van der Waals surface area contributed by atoms with Gasteiger partial charge in [0.05, 0.1) is 6.10 Å². The number of aliphatic hydroxyl groups excluding tert-OH is 1. The number of rotatable bonds is 8. The highest BCUT2D eigenvalue weighted by Gasteiger charge is 2.18. The molecule has 0 aromatic carbocycles. The summed E-state index contributed by atoms with van der Waals surface area (Å²) in [6, 6.07) is 0. The lowest BCUT2D eigenvalue weighted by Crippen LogP contribution is -2.24. The Kier molecular flexibility index (Phi) is 7.71. The van der Waals surface area contributed by atoms with E-state index in [1.807, 2.05) is 6.08 Å². The van der Waals surface area contributed by atoms with E-state index in [1.165, 1.54) is 0 Å². The third-order valence-corrected chi connectivity index (χ3v) is 2.92. The Balaban J connectivity index is 3.98. The summed E-state index contributed by atoms with van der Waals surface area (Å²) in [4.78, 5) is 0. The van der Waals surface area contributed by atoms with Crippen LogP contribution in [0.2, 0.25) is 0 Å². The Labute approximate surface area is 94.6 Å². The summed E-state index contributed by atoms with van der Waals surface area (Å²) >= 11 is 0. The predicted molar refractivity (Wildman–Crippen MR) is 66.6 cm³/mol. The molecule has 0 aliphatic carbocycles. The average molecular weight is 213 g/mol. The van der Waals surface area contributed by atoms with Crippen molar-refractivity contribution in [1.82, 2.24) is 0 Å². The van der Waals surface area contributed by atoms with Crippen LogP contribution in [0.3, 0.4) is 0 Å². The van der Waals surface area contributed by atoms with Gasteiger partial charge in [-0.05, 0) is 31.2 Å². The molecule has 3 atom stereocenters. The summed E-state index contributed by atoms with van der Waals surface area (Å²) in [5.74, 6) is 1.30. The molecule has 0 aromatic heterocycles. The zero-order valence-corrected chi connectivity index (χ0v) is 10.4. The standard InChI is InChI=1S/C13H27NO/c1-5-12(7-6-10(2)3)13(15)8-11(4)9-14/h5,10-13,15H,1,6-9,14H2,2-4H3/t11?,12?,13-/m0/s1. The SMILES string of the molecule is C=CC(CCC(C)C)[C@@H](O)CC(C)CN. The first-order chi connectivity index (χ1) is 7.01. The van der Waals surface area contributed by atoms with Gasteiger partial charge >= 0.3 is 0 Å². The van der Waals surface area contributed by atoms with E-state index in [1.54, 1.807) is 0 Å². The monoisotopic (exact) mass is 213 g/mol. The summed E-state index contributed by atoms with van der Waals surface area (Å²) in [7, 11) is 0. The van der Waals surface area contributed by atoms with Crippen LogP contribution in [0.15, 0.2) is 12.7 Å². The molecule has 2 heteroatoms. The van der Waals surface area contributed by atoms with Crippen molar-refractivity contribution < 1.29 is 5.11 Å². The Hall–Kier alpha value is -0.340. The van der Waals surface area contributed by atoms with Gasteiger partial charge in [-0.1, -0.05) is 33.3 Å². The lowest BCUT2D eigenvalue weighted by Gasteiger charge is -2.22. The molecule has 15 heavy (non-hydrogen) atoms. The molecular formula is C13H27NO. The molecule has 0 aromatic rings. The fourth-order valence-corrected chi connectivity index (χ4v) is 1.68. The fourth-order valence-electron chi connectivity index (χ4n) is 1.68. The lowest BCUT2D eigenvalue weighted by atomic mass is 9.88. The quantitative estimate of drug-likeness (QED) is 0.609. The number of hydrogen-bond donors (Lipinski definition) is 2. The van der Waals surface area contributed by atoms with Crippen molar-refractivity contribution >= 4 is 0 Å². The van der Waals surface area contributed by atoms with Crippen LogP contribution in [-0.4, -0.2) is 17.8 Å². The van der Waals surface area contributed by atoms with Gasteiger partial charge in [-0.15, -0.1) is 6.58 Å². The van der Waals surface area contributed by atoms with Crippen LogP contribution in [0, 0.1) is 17.8 Å². The zero-order valence-electron chi connectivity index (χ0n) is 10.4. The van der Waals surface area contributed by atoms with E-state index in [9.17, 15) is 5.11 Å². The average Bonchev–Trinajstić information content (AvgIpc) is 2.18. The molecular weight excluding hydrogens is 186 g/mol. The van der Waals surface area contributed by atoms with Gasteiger partial charge in [0, 0.05) is 5.92 Å². The van der Waals surface area contributed by atoms with Crippen LogP contribution < -0.4 is 5.73 Å². The number of hydrogen-bond acceptors (Lipinski definition) is 2. The molecule has 0 rings (SSSR count). The summed E-state index contributed by atoms with van der Waals surface area (Å²) in [5, 5.41) is 10.00. The summed E-state index contributed by atoms with van der Waals surface area (Å²) < 4.78 is 0. The molecule has 3 N–H and O–H groups in total. The Morgan fingerprint density at radius 2 is 1.87 bits per heavy atom. The molecule has 0 heterocycles. The van der Waals surface area contributed by atoms with E-state index in [4.69, 9.17) is 5.73 Å². The molecule has 0 radical (unpaired) electrons. The molecule has 90 valence electrons. The fraction of sp³-hybridized carbons (Fsp3) is 0.846.